The lowest BCUT2D eigenvalue weighted by Crippen LogP contribution is -2.13. The quantitative estimate of drug-likeness (QED) is 0.698. The third-order valence-electron chi connectivity index (χ3n) is 2.53. The van der Waals surface area contributed by atoms with Gasteiger partial charge in [-0.25, -0.2) is 4.39 Å². The molecule has 1 saturated heterocycles. The minimum absolute atomic E-state index is 0.122. The van der Waals surface area contributed by atoms with Gasteiger partial charge in [0.25, 0.3) is 0 Å². The minimum atomic E-state index is -0.122. The van der Waals surface area contributed by atoms with Crippen LogP contribution in [0.5, 0.6) is 0 Å². The van der Waals surface area contributed by atoms with E-state index in [1.54, 1.807) is 12.1 Å². The van der Waals surface area contributed by atoms with Gasteiger partial charge in [-0.15, -0.1) is 0 Å². The Labute approximate surface area is 78.0 Å². The maximum atomic E-state index is 13.1. The van der Waals surface area contributed by atoms with Crippen LogP contribution in [0.2, 0.25) is 0 Å². The smallest absolute Gasteiger partial charge is 0.123 e. The highest BCUT2D eigenvalue weighted by molar-refractivity contribution is 5.26. The molecule has 1 atom stereocenters. The molecular weight excluding hydrogens is 165 g/mol. The SMILES string of the molecule is Cc1cc(F)cc([C@H]2CCCN2)c1. The van der Waals surface area contributed by atoms with Gasteiger partial charge < -0.3 is 5.32 Å². The Morgan fingerprint density at radius 2 is 2.23 bits per heavy atom. The van der Waals surface area contributed by atoms with E-state index in [9.17, 15) is 4.39 Å². The molecule has 1 aliphatic rings. The van der Waals surface area contributed by atoms with Crippen molar-refractivity contribution in [3.63, 3.8) is 0 Å². The second-order valence-electron chi connectivity index (χ2n) is 3.71. The Kier molecular flexibility index (Phi) is 2.32. The number of rotatable bonds is 1. The summed E-state index contributed by atoms with van der Waals surface area (Å²) in [5, 5.41) is 3.36. The van der Waals surface area contributed by atoms with Crippen LogP contribution < -0.4 is 5.32 Å². The molecule has 1 N–H and O–H groups in total. The van der Waals surface area contributed by atoms with E-state index < -0.39 is 0 Å². The maximum absolute atomic E-state index is 13.1. The predicted molar refractivity (Wildman–Crippen MR) is 51.1 cm³/mol. The first-order valence-electron chi connectivity index (χ1n) is 4.76. The summed E-state index contributed by atoms with van der Waals surface area (Å²) in [6, 6.07) is 5.63. The van der Waals surface area contributed by atoms with Gasteiger partial charge in [0.2, 0.25) is 0 Å². The summed E-state index contributed by atoms with van der Waals surface area (Å²) in [7, 11) is 0. The molecule has 1 fully saturated rings. The highest BCUT2D eigenvalue weighted by Crippen LogP contribution is 2.24. The van der Waals surface area contributed by atoms with Gasteiger partial charge in [-0.3, -0.25) is 0 Å². The molecule has 0 spiro atoms. The van der Waals surface area contributed by atoms with Crippen LogP contribution in [0, 0.1) is 12.7 Å². The summed E-state index contributed by atoms with van der Waals surface area (Å²) in [5.41, 5.74) is 2.10. The van der Waals surface area contributed by atoms with E-state index in [1.807, 2.05) is 6.92 Å². The summed E-state index contributed by atoms with van der Waals surface area (Å²) < 4.78 is 13.1. The number of aryl methyl sites for hydroxylation is 1. The molecule has 0 bridgehead atoms. The topological polar surface area (TPSA) is 12.0 Å². The van der Waals surface area contributed by atoms with Gasteiger partial charge in [0.15, 0.2) is 0 Å². The van der Waals surface area contributed by atoms with Crippen molar-refractivity contribution in [2.45, 2.75) is 25.8 Å². The fraction of sp³-hybridized carbons (Fsp3) is 0.455. The van der Waals surface area contributed by atoms with Crippen molar-refractivity contribution in [1.82, 2.24) is 5.32 Å². The van der Waals surface area contributed by atoms with Crippen molar-refractivity contribution in [3.8, 4) is 0 Å². The van der Waals surface area contributed by atoms with Gasteiger partial charge in [-0.2, -0.15) is 0 Å². The Balaban J connectivity index is 2.28. The van der Waals surface area contributed by atoms with Gasteiger partial charge in [0, 0.05) is 6.04 Å². The van der Waals surface area contributed by atoms with E-state index in [4.69, 9.17) is 0 Å². The lowest BCUT2D eigenvalue weighted by atomic mass is 10.0. The van der Waals surface area contributed by atoms with Crippen LogP contribution in [-0.4, -0.2) is 6.54 Å². The standard InChI is InChI=1S/C11H14FN/c1-8-5-9(7-10(12)6-8)11-3-2-4-13-11/h5-7,11,13H,2-4H2,1H3/t11-/m1/s1. The molecule has 1 aliphatic heterocycles. The number of nitrogens with one attached hydrogen (secondary N) is 1. The molecule has 1 nitrogen and oxygen atoms in total. The zero-order valence-corrected chi connectivity index (χ0v) is 7.81. The average molecular weight is 179 g/mol. The Bertz CT molecular complexity index is 283. The lowest BCUT2D eigenvalue weighted by molar-refractivity contribution is 0.605. The molecule has 13 heavy (non-hydrogen) atoms. The van der Waals surface area contributed by atoms with Crippen LogP contribution in [0.1, 0.15) is 30.0 Å². The highest BCUT2D eigenvalue weighted by atomic mass is 19.1. The molecule has 1 aromatic rings. The van der Waals surface area contributed by atoms with E-state index in [0.29, 0.717) is 6.04 Å². The summed E-state index contributed by atoms with van der Waals surface area (Å²) in [6.45, 7) is 2.99. The van der Waals surface area contributed by atoms with Crippen molar-refractivity contribution in [3.05, 3.63) is 35.1 Å². The fourth-order valence-corrected chi connectivity index (χ4v) is 1.93. The molecule has 0 unspecified atom stereocenters. The molecule has 0 aromatic heterocycles. The number of halogens is 1. The van der Waals surface area contributed by atoms with Gasteiger partial charge >= 0.3 is 0 Å². The minimum Gasteiger partial charge on any atom is -0.310 e. The van der Waals surface area contributed by atoms with Gasteiger partial charge in [-0.05, 0) is 49.6 Å². The number of benzene rings is 1. The fourth-order valence-electron chi connectivity index (χ4n) is 1.93. The van der Waals surface area contributed by atoms with Crippen LogP contribution in [0.4, 0.5) is 4.39 Å². The van der Waals surface area contributed by atoms with E-state index >= 15 is 0 Å². The third kappa shape index (κ3) is 1.89. The first-order valence-corrected chi connectivity index (χ1v) is 4.76. The molecule has 1 heterocycles. The molecular formula is C11H14FN. The van der Waals surface area contributed by atoms with E-state index in [0.717, 1.165) is 24.1 Å². The zero-order chi connectivity index (χ0) is 9.26. The largest absolute Gasteiger partial charge is 0.310 e. The highest BCUT2D eigenvalue weighted by Gasteiger charge is 2.16. The first-order chi connectivity index (χ1) is 6.25. The molecule has 70 valence electrons. The molecule has 0 radical (unpaired) electrons. The Morgan fingerprint density at radius 1 is 1.38 bits per heavy atom. The second-order valence-corrected chi connectivity index (χ2v) is 3.71. The van der Waals surface area contributed by atoms with Crippen LogP contribution >= 0.6 is 0 Å². The first kappa shape index (κ1) is 8.70. The van der Waals surface area contributed by atoms with Crippen LogP contribution in [0.15, 0.2) is 18.2 Å². The predicted octanol–water partition coefficient (Wildman–Crippen LogP) is 2.56. The summed E-state index contributed by atoms with van der Waals surface area (Å²) in [4.78, 5) is 0. The van der Waals surface area contributed by atoms with E-state index in [-0.39, 0.29) is 5.82 Å². The van der Waals surface area contributed by atoms with Crippen molar-refractivity contribution >= 4 is 0 Å². The summed E-state index contributed by atoms with van der Waals surface area (Å²) in [5.74, 6) is -0.122. The second kappa shape index (κ2) is 3.46. The summed E-state index contributed by atoms with van der Waals surface area (Å²) in [6.07, 6.45) is 2.32. The van der Waals surface area contributed by atoms with Crippen LogP contribution in [-0.2, 0) is 0 Å². The molecule has 0 aliphatic carbocycles. The van der Waals surface area contributed by atoms with Gasteiger partial charge in [-0.1, -0.05) is 6.07 Å². The van der Waals surface area contributed by atoms with Crippen LogP contribution in [0.25, 0.3) is 0 Å². The zero-order valence-electron chi connectivity index (χ0n) is 7.81. The molecule has 0 saturated carbocycles. The van der Waals surface area contributed by atoms with Gasteiger partial charge in [0.05, 0.1) is 0 Å². The molecule has 2 rings (SSSR count). The molecule has 2 heteroatoms. The number of hydrogen-bond acceptors (Lipinski definition) is 1. The normalized spacial score (nSPS) is 22.2. The van der Waals surface area contributed by atoms with Crippen LogP contribution in [0.3, 0.4) is 0 Å². The van der Waals surface area contributed by atoms with E-state index in [2.05, 4.69) is 11.4 Å². The Morgan fingerprint density at radius 3 is 2.85 bits per heavy atom. The lowest BCUT2D eigenvalue weighted by Gasteiger charge is -2.11. The third-order valence-corrected chi connectivity index (χ3v) is 2.53. The monoisotopic (exact) mass is 179 g/mol. The van der Waals surface area contributed by atoms with Crippen molar-refractivity contribution in [2.75, 3.05) is 6.54 Å². The molecule has 1 aromatic carbocycles. The molecule has 0 amide bonds. The van der Waals surface area contributed by atoms with Crippen molar-refractivity contribution in [2.24, 2.45) is 0 Å². The Hall–Kier alpha value is -0.890. The average Bonchev–Trinajstić information content (AvgIpc) is 2.53. The van der Waals surface area contributed by atoms with Crippen molar-refractivity contribution in [1.29, 1.82) is 0 Å². The maximum Gasteiger partial charge on any atom is 0.123 e. The summed E-state index contributed by atoms with van der Waals surface area (Å²) >= 11 is 0. The van der Waals surface area contributed by atoms with E-state index in [1.165, 1.54) is 6.42 Å². The van der Waals surface area contributed by atoms with Gasteiger partial charge in [0.1, 0.15) is 5.82 Å². The number of hydrogen-bond donors (Lipinski definition) is 1. The van der Waals surface area contributed by atoms with Crippen molar-refractivity contribution < 1.29 is 4.39 Å².